The fourth-order valence-electron chi connectivity index (χ4n) is 1.52. The van der Waals surface area contributed by atoms with Gasteiger partial charge in [0.25, 0.3) is 0 Å². The Balaban J connectivity index is 2.34. The van der Waals surface area contributed by atoms with E-state index in [1.165, 1.54) is 11.8 Å². The molecule has 6 heteroatoms. The van der Waals surface area contributed by atoms with Gasteiger partial charge in [0.15, 0.2) is 5.16 Å². The second-order valence-corrected chi connectivity index (χ2v) is 4.97. The summed E-state index contributed by atoms with van der Waals surface area (Å²) >= 11 is 1.43. The monoisotopic (exact) mass is 249 g/mol. The molecule has 90 valence electrons. The van der Waals surface area contributed by atoms with E-state index in [2.05, 4.69) is 28.9 Å². The van der Waals surface area contributed by atoms with Crippen LogP contribution in [0.25, 0.3) is 0 Å². The van der Waals surface area contributed by atoms with Crippen LogP contribution in [0.1, 0.15) is 25.5 Å². The van der Waals surface area contributed by atoms with Gasteiger partial charge in [0.05, 0.1) is 11.4 Å². The van der Waals surface area contributed by atoms with Gasteiger partial charge in [-0.05, 0) is 23.7 Å². The summed E-state index contributed by atoms with van der Waals surface area (Å²) in [7, 11) is 1.88. The zero-order valence-corrected chi connectivity index (χ0v) is 10.9. The Kier molecular flexibility index (Phi) is 3.33. The van der Waals surface area contributed by atoms with E-state index in [4.69, 9.17) is 5.73 Å². The molecule has 0 bridgehead atoms. The van der Waals surface area contributed by atoms with Gasteiger partial charge in [-0.1, -0.05) is 13.8 Å². The first-order valence-electron chi connectivity index (χ1n) is 5.37. The molecule has 0 aliphatic heterocycles. The van der Waals surface area contributed by atoms with E-state index in [1.54, 1.807) is 23.1 Å². The fraction of sp³-hybridized carbons (Fsp3) is 0.364. The summed E-state index contributed by atoms with van der Waals surface area (Å²) in [5, 5.41) is 5.99. The number of hydrogen-bond acceptors (Lipinski definition) is 5. The number of aryl methyl sites for hydroxylation is 1. The van der Waals surface area contributed by atoms with Crippen LogP contribution in [0.2, 0.25) is 0 Å². The molecule has 2 rings (SSSR count). The Hall–Kier alpha value is -1.56. The van der Waals surface area contributed by atoms with E-state index in [0.29, 0.717) is 11.1 Å². The quantitative estimate of drug-likeness (QED) is 0.843. The van der Waals surface area contributed by atoms with Crippen LogP contribution in [0.3, 0.4) is 0 Å². The molecule has 5 nitrogen and oxygen atoms in total. The molecule has 0 amide bonds. The van der Waals surface area contributed by atoms with Gasteiger partial charge in [0.1, 0.15) is 5.03 Å². The van der Waals surface area contributed by atoms with Gasteiger partial charge in [-0.25, -0.2) is 9.97 Å². The fourth-order valence-corrected chi connectivity index (χ4v) is 2.30. The lowest BCUT2D eigenvalue weighted by molar-refractivity contribution is 0.670. The minimum Gasteiger partial charge on any atom is -0.395 e. The Labute approximate surface area is 104 Å². The highest BCUT2D eigenvalue weighted by Crippen LogP contribution is 2.33. The number of hydrogen-bond donors (Lipinski definition) is 1. The van der Waals surface area contributed by atoms with E-state index in [-0.39, 0.29) is 0 Å². The molecule has 2 aromatic rings. The second kappa shape index (κ2) is 4.75. The van der Waals surface area contributed by atoms with Crippen LogP contribution in [0, 0.1) is 0 Å². The Morgan fingerprint density at radius 1 is 1.29 bits per heavy atom. The van der Waals surface area contributed by atoms with E-state index >= 15 is 0 Å². The molecule has 0 saturated heterocycles. The predicted octanol–water partition coefficient (Wildman–Crippen LogP) is 2.07. The zero-order chi connectivity index (χ0) is 12.4. The van der Waals surface area contributed by atoms with Crippen molar-refractivity contribution in [3.8, 4) is 0 Å². The van der Waals surface area contributed by atoms with Crippen molar-refractivity contribution >= 4 is 17.4 Å². The number of nitrogen functional groups attached to an aromatic ring is 1. The van der Waals surface area contributed by atoms with Crippen molar-refractivity contribution in [3.63, 3.8) is 0 Å². The Morgan fingerprint density at radius 3 is 2.47 bits per heavy atom. The van der Waals surface area contributed by atoms with E-state index in [9.17, 15) is 0 Å². The van der Waals surface area contributed by atoms with Crippen LogP contribution in [-0.4, -0.2) is 19.7 Å². The molecule has 0 saturated carbocycles. The highest BCUT2D eigenvalue weighted by Gasteiger charge is 2.17. The molecule has 0 aliphatic rings. The van der Waals surface area contributed by atoms with Crippen LogP contribution in [0.5, 0.6) is 0 Å². The van der Waals surface area contributed by atoms with Gasteiger partial charge in [0.2, 0.25) is 0 Å². The average molecular weight is 249 g/mol. The maximum absolute atomic E-state index is 6.09. The Morgan fingerprint density at radius 2 is 1.94 bits per heavy atom. The number of nitrogens with zero attached hydrogens (tertiary/aromatic N) is 4. The third-order valence-electron chi connectivity index (χ3n) is 2.33. The van der Waals surface area contributed by atoms with E-state index in [1.807, 2.05) is 7.05 Å². The molecule has 0 spiro atoms. The van der Waals surface area contributed by atoms with E-state index in [0.717, 1.165) is 16.4 Å². The van der Waals surface area contributed by atoms with Crippen molar-refractivity contribution in [1.82, 2.24) is 19.7 Å². The molecule has 0 fully saturated rings. The SMILES string of the molecule is CC(C)c1nn(C)c(Sc2ncccn2)c1N. The Bertz CT molecular complexity index is 506. The number of rotatable bonds is 3. The highest BCUT2D eigenvalue weighted by molar-refractivity contribution is 7.99. The molecule has 0 aromatic carbocycles. The van der Waals surface area contributed by atoms with Gasteiger partial charge in [0, 0.05) is 19.4 Å². The van der Waals surface area contributed by atoms with Crippen molar-refractivity contribution in [1.29, 1.82) is 0 Å². The third-order valence-corrected chi connectivity index (χ3v) is 3.41. The van der Waals surface area contributed by atoms with Crippen LogP contribution in [-0.2, 0) is 7.05 Å². The summed E-state index contributed by atoms with van der Waals surface area (Å²) in [6.45, 7) is 4.15. The van der Waals surface area contributed by atoms with Gasteiger partial charge < -0.3 is 5.73 Å². The summed E-state index contributed by atoms with van der Waals surface area (Å²) < 4.78 is 1.78. The van der Waals surface area contributed by atoms with Gasteiger partial charge >= 0.3 is 0 Å². The first-order valence-corrected chi connectivity index (χ1v) is 6.18. The predicted molar refractivity (Wildman–Crippen MR) is 67.9 cm³/mol. The minimum absolute atomic E-state index is 0.312. The number of aromatic nitrogens is 4. The van der Waals surface area contributed by atoms with Gasteiger partial charge in [-0.3, -0.25) is 4.68 Å². The second-order valence-electron chi connectivity index (χ2n) is 4.02. The molecule has 0 unspecified atom stereocenters. The van der Waals surface area contributed by atoms with Crippen molar-refractivity contribution in [2.45, 2.75) is 29.9 Å². The standard InChI is InChI=1S/C11H15N5S/c1-7(2)9-8(12)10(16(3)15-9)17-11-13-5-4-6-14-11/h4-7H,12H2,1-3H3. The maximum Gasteiger partial charge on any atom is 0.193 e. The molecule has 0 aliphatic carbocycles. The molecule has 0 atom stereocenters. The van der Waals surface area contributed by atoms with Crippen molar-refractivity contribution in [2.75, 3.05) is 5.73 Å². The molecule has 2 heterocycles. The van der Waals surface area contributed by atoms with E-state index < -0.39 is 0 Å². The number of nitrogens with two attached hydrogens (primary N) is 1. The normalized spacial score (nSPS) is 11.1. The summed E-state index contributed by atoms with van der Waals surface area (Å²) in [6, 6.07) is 1.79. The minimum atomic E-state index is 0.312. The molecule has 17 heavy (non-hydrogen) atoms. The van der Waals surface area contributed by atoms with Crippen molar-refractivity contribution in [2.24, 2.45) is 7.05 Å². The van der Waals surface area contributed by atoms with Crippen LogP contribution in [0.15, 0.2) is 28.6 Å². The molecule has 0 radical (unpaired) electrons. The summed E-state index contributed by atoms with van der Waals surface area (Å²) in [4.78, 5) is 8.33. The topological polar surface area (TPSA) is 69.6 Å². The maximum atomic E-state index is 6.09. The lowest BCUT2D eigenvalue weighted by Gasteiger charge is -2.02. The van der Waals surface area contributed by atoms with Crippen molar-refractivity contribution in [3.05, 3.63) is 24.2 Å². The smallest absolute Gasteiger partial charge is 0.193 e. The molecule has 2 N–H and O–H groups in total. The third kappa shape index (κ3) is 2.41. The van der Waals surface area contributed by atoms with Crippen molar-refractivity contribution < 1.29 is 0 Å². The lowest BCUT2D eigenvalue weighted by atomic mass is 10.1. The highest BCUT2D eigenvalue weighted by atomic mass is 32.2. The van der Waals surface area contributed by atoms with Crippen LogP contribution in [0.4, 0.5) is 5.69 Å². The zero-order valence-electron chi connectivity index (χ0n) is 10.1. The first-order chi connectivity index (χ1) is 8.09. The summed E-state index contributed by atoms with van der Waals surface area (Å²) in [5.41, 5.74) is 7.74. The summed E-state index contributed by atoms with van der Waals surface area (Å²) in [5.74, 6) is 0.312. The molecular formula is C11H15N5S. The first kappa shape index (κ1) is 11.9. The lowest BCUT2D eigenvalue weighted by Crippen LogP contribution is -1.95. The summed E-state index contributed by atoms with van der Waals surface area (Å²) in [6.07, 6.45) is 3.43. The number of anilines is 1. The van der Waals surface area contributed by atoms with Crippen LogP contribution < -0.4 is 5.73 Å². The van der Waals surface area contributed by atoms with Gasteiger partial charge in [-0.15, -0.1) is 0 Å². The largest absolute Gasteiger partial charge is 0.395 e. The average Bonchev–Trinajstić information content (AvgIpc) is 2.58. The van der Waals surface area contributed by atoms with Crippen LogP contribution >= 0.6 is 11.8 Å². The molecular weight excluding hydrogens is 234 g/mol. The van der Waals surface area contributed by atoms with Gasteiger partial charge in [-0.2, -0.15) is 5.10 Å². The molecule has 2 aromatic heterocycles.